The molecule has 0 radical (unpaired) electrons. The molecule has 0 unspecified atom stereocenters. The molecule has 2 aromatic rings. The topological polar surface area (TPSA) is 54.4 Å². The number of hydrogen-bond acceptors (Lipinski definition) is 4. The first-order valence-electron chi connectivity index (χ1n) is 6.65. The maximum atomic E-state index is 5.98. The molecule has 3 N–H and O–H groups in total. The van der Waals surface area contributed by atoms with Crippen LogP contribution in [0.1, 0.15) is 26.1 Å². The summed E-state index contributed by atoms with van der Waals surface area (Å²) < 4.78 is 4.31. The van der Waals surface area contributed by atoms with Gasteiger partial charge in [0.2, 0.25) is 5.13 Å². The molecule has 0 atom stereocenters. The minimum absolute atomic E-state index is 0.510. The van der Waals surface area contributed by atoms with E-state index in [2.05, 4.69) is 33.8 Å². The van der Waals surface area contributed by atoms with Crippen LogP contribution in [0, 0.1) is 0 Å². The molecule has 0 saturated heterocycles. The van der Waals surface area contributed by atoms with Crippen LogP contribution in [0.25, 0.3) is 6.08 Å². The van der Waals surface area contributed by atoms with Crippen LogP contribution in [-0.4, -0.2) is 15.9 Å². The Morgan fingerprint density at radius 1 is 1.38 bits per heavy atom. The van der Waals surface area contributed by atoms with Crippen molar-refractivity contribution in [2.24, 2.45) is 0 Å². The van der Waals surface area contributed by atoms with Gasteiger partial charge in [0.15, 0.2) is 5.82 Å². The van der Waals surface area contributed by atoms with E-state index in [0.717, 1.165) is 23.8 Å². The van der Waals surface area contributed by atoms with Crippen molar-refractivity contribution < 1.29 is 5.32 Å². The fourth-order valence-electron chi connectivity index (χ4n) is 1.68. The molecule has 0 amide bonds. The molecular formula is C14H17Cl2N4S+. The molecule has 1 aromatic carbocycles. The highest BCUT2D eigenvalue weighted by Crippen LogP contribution is 2.27. The van der Waals surface area contributed by atoms with Gasteiger partial charge in [0.25, 0.3) is 0 Å². The summed E-state index contributed by atoms with van der Waals surface area (Å²) >= 11 is 13.2. The van der Waals surface area contributed by atoms with Gasteiger partial charge in [-0.3, -0.25) is 0 Å². The lowest BCUT2D eigenvalue weighted by molar-refractivity contribution is -0.604. The van der Waals surface area contributed by atoms with E-state index in [-0.39, 0.29) is 0 Å². The molecule has 0 bridgehead atoms. The second-order valence-corrected chi connectivity index (χ2v) is 6.16. The van der Waals surface area contributed by atoms with Crippen LogP contribution in [-0.2, 0) is 0 Å². The van der Waals surface area contributed by atoms with Gasteiger partial charge in [-0.25, -0.2) is 0 Å². The first-order chi connectivity index (χ1) is 10.1. The Morgan fingerprint density at radius 3 is 2.90 bits per heavy atom. The number of quaternary nitrogens is 1. The SMILES string of the molecule is CCC[NH2+]C(C)=Cc1nsc(Nc2ccc(Cl)c(Cl)c2)n1. The Kier molecular flexibility index (Phi) is 5.99. The lowest BCUT2D eigenvalue weighted by Crippen LogP contribution is -2.81. The highest BCUT2D eigenvalue weighted by molar-refractivity contribution is 7.09. The first kappa shape index (κ1) is 16.2. The van der Waals surface area contributed by atoms with Gasteiger partial charge in [-0.1, -0.05) is 30.1 Å². The van der Waals surface area contributed by atoms with Crippen molar-refractivity contribution in [1.29, 1.82) is 0 Å². The molecule has 21 heavy (non-hydrogen) atoms. The summed E-state index contributed by atoms with van der Waals surface area (Å²) in [6, 6.07) is 5.37. The van der Waals surface area contributed by atoms with E-state index in [4.69, 9.17) is 23.2 Å². The number of aromatic nitrogens is 2. The number of nitrogens with zero attached hydrogens (tertiary/aromatic N) is 2. The van der Waals surface area contributed by atoms with Crippen molar-refractivity contribution in [3.8, 4) is 0 Å². The standard InChI is InChI=1S/C14H16Cl2N4S/c1-3-6-17-9(2)7-13-19-14(21-20-13)18-10-4-5-11(15)12(16)8-10/h4-5,7-8,17H,3,6H2,1-2H3,(H,18,19,20)/p+1. The zero-order chi connectivity index (χ0) is 15.2. The van der Waals surface area contributed by atoms with E-state index in [0.29, 0.717) is 15.9 Å². The Morgan fingerprint density at radius 2 is 2.19 bits per heavy atom. The Labute approximate surface area is 138 Å². The minimum Gasteiger partial charge on any atom is -0.330 e. The summed E-state index contributed by atoms with van der Waals surface area (Å²) in [6.45, 7) is 5.29. The second-order valence-electron chi connectivity index (χ2n) is 4.59. The maximum absolute atomic E-state index is 5.98. The number of rotatable bonds is 6. The van der Waals surface area contributed by atoms with E-state index in [1.54, 1.807) is 12.1 Å². The van der Waals surface area contributed by atoms with Gasteiger partial charge in [-0.05, 0) is 24.6 Å². The van der Waals surface area contributed by atoms with Gasteiger partial charge in [-0.15, -0.1) is 0 Å². The van der Waals surface area contributed by atoms with Crippen LogP contribution >= 0.6 is 34.7 Å². The smallest absolute Gasteiger partial charge is 0.207 e. The summed E-state index contributed by atoms with van der Waals surface area (Å²) in [5.74, 6) is 0.715. The quantitative estimate of drug-likeness (QED) is 0.835. The molecule has 0 aliphatic carbocycles. The van der Waals surface area contributed by atoms with Crippen LogP contribution in [0.5, 0.6) is 0 Å². The van der Waals surface area contributed by atoms with Crippen LogP contribution < -0.4 is 10.6 Å². The number of hydrogen-bond donors (Lipinski definition) is 2. The van der Waals surface area contributed by atoms with Gasteiger partial charge in [0, 0.05) is 30.2 Å². The van der Waals surface area contributed by atoms with E-state index in [1.807, 2.05) is 12.1 Å². The molecule has 0 aliphatic rings. The summed E-state index contributed by atoms with van der Waals surface area (Å²) in [6.07, 6.45) is 3.12. The number of nitrogens with two attached hydrogens (primary N) is 1. The van der Waals surface area contributed by atoms with Crippen molar-refractivity contribution >= 4 is 51.6 Å². The van der Waals surface area contributed by atoms with Gasteiger partial charge in [0.1, 0.15) is 5.70 Å². The Balaban J connectivity index is 2.04. The van der Waals surface area contributed by atoms with Gasteiger partial charge < -0.3 is 10.6 Å². The third kappa shape index (κ3) is 4.97. The van der Waals surface area contributed by atoms with Crippen molar-refractivity contribution in [1.82, 2.24) is 9.36 Å². The van der Waals surface area contributed by atoms with E-state index in [1.165, 1.54) is 17.2 Å². The van der Waals surface area contributed by atoms with Crippen molar-refractivity contribution in [3.63, 3.8) is 0 Å². The monoisotopic (exact) mass is 343 g/mol. The summed E-state index contributed by atoms with van der Waals surface area (Å²) in [5, 5.41) is 7.13. The molecule has 1 heterocycles. The average molecular weight is 344 g/mol. The third-order valence-corrected chi connectivity index (χ3v) is 4.11. The molecule has 0 saturated carbocycles. The summed E-state index contributed by atoms with van der Waals surface area (Å²) in [7, 11) is 0. The van der Waals surface area contributed by atoms with Crippen LogP contribution in [0.4, 0.5) is 10.8 Å². The highest BCUT2D eigenvalue weighted by atomic mass is 35.5. The van der Waals surface area contributed by atoms with E-state index in [9.17, 15) is 0 Å². The van der Waals surface area contributed by atoms with E-state index < -0.39 is 0 Å². The molecule has 112 valence electrons. The van der Waals surface area contributed by atoms with Gasteiger partial charge in [-0.2, -0.15) is 9.36 Å². The minimum atomic E-state index is 0.510. The van der Waals surface area contributed by atoms with Crippen molar-refractivity contribution in [2.45, 2.75) is 20.3 Å². The highest BCUT2D eigenvalue weighted by Gasteiger charge is 2.05. The molecule has 7 heteroatoms. The zero-order valence-electron chi connectivity index (χ0n) is 11.9. The fraction of sp³-hybridized carbons (Fsp3) is 0.286. The van der Waals surface area contributed by atoms with Crippen LogP contribution in [0.15, 0.2) is 23.9 Å². The van der Waals surface area contributed by atoms with Crippen molar-refractivity contribution in [2.75, 3.05) is 11.9 Å². The zero-order valence-corrected chi connectivity index (χ0v) is 14.2. The number of halogens is 2. The molecule has 0 fully saturated rings. The fourth-order valence-corrected chi connectivity index (χ4v) is 2.55. The molecule has 1 aromatic heterocycles. The predicted molar refractivity (Wildman–Crippen MR) is 90.4 cm³/mol. The lowest BCUT2D eigenvalue weighted by atomic mass is 10.3. The number of anilines is 2. The van der Waals surface area contributed by atoms with Crippen molar-refractivity contribution in [3.05, 3.63) is 39.8 Å². The summed E-state index contributed by atoms with van der Waals surface area (Å²) in [4.78, 5) is 4.43. The molecule has 2 rings (SSSR count). The lowest BCUT2D eigenvalue weighted by Gasteiger charge is -2.03. The maximum Gasteiger partial charge on any atom is 0.207 e. The Bertz CT molecular complexity index is 640. The largest absolute Gasteiger partial charge is 0.330 e. The average Bonchev–Trinajstić information content (AvgIpc) is 2.88. The van der Waals surface area contributed by atoms with Crippen LogP contribution in [0.2, 0.25) is 10.0 Å². The van der Waals surface area contributed by atoms with E-state index >= 15 is 0 Å². The predicted octanol–water partition coefficient (Wildman–Crippen LogP) is 3.92. The number of allylic oxidation sites excluding steroid dienone is 1. The van der Waals surface area contributed by atoms with Gasteiger partial charge >= 0.3 is 0 Å². The van der Waals surface area contributed by atoms with Gasteiger partial charge in [0.05, 0.1) is 16.6 Å². The normalized spacial score (nSPS) is 11.7. The Hall–Kier alpha value is -1.14. The first-order valence-corrected chi connectivity index (χ1v) is 8.18. The molecule has 4 nitrogen and oxygen atoms in total. The molecular weight excluding hydrogens is 327 g/mol. The third-order valence-electron chi connectivity index (χ3n) is 2.72. The van der Waals surface area contributed by atoms with Crippen LogP contribution in [0.3, 0.4) is 0 Å². The second kappa shape index (κ2) is 7.75. The molecule has 0 spiro atoms. The number of benzene rings is 1. The number of nitrogens with one attached hydrogen (secondary N) is 1. The summed E-state index contributed by atoms with van der Waals surface area (Å²) in [5.41, 5.74) is 2.01. The molecule has 0 aliphatic heterocycles.